The first kappa shape index (κ1) is 16.7. The molecule has 0 aliphatic carbocycles. The van der Waals surface area contributed by atoms with E-state index in [1.54, 1.807) is 0 Å². The van der Waals surface area contributed by atoms with E-state index in [2.05, 4.69) is 0 Å². The van der Waals surface area contributed by atoms with Crippen molar-refractivity contribution in [3.05, 3.63) is 0 Å². The van der Waals surface area contributed by atoms with Crippen LogP contribution in [0.2, 0.25) is 0 Å². The molecule has 0 amide bonds. The van der Waals surface area contributed by atoms with Gasteiger partial charge in [0.05, 0.1) is 0 Å². The monoisotopic (exact) mass is 298 g/mol. The summed E-state index contributed by atoms with van der Waals surface area (Å²) in [5, 5.41) is 0. The van der Waals surface area contributed by atoms with Gasteiger partial charge in [0.1, 0.15) is 0 Å². The maximum absolute atomic E-state index is 8.82. The summed E-state index contributed by atoms with van der Waals surface area (Å²) in [6, 6.07) is 0. The van der Waals surface area contributed by atoms with Crippen LogP contribution in [0.3, 0.4) is 0 Å². The van der Waals surface area contributed by atoms with E-state index >= 15 is 0 Å². The van der Waals surface area contributed by atoms with Crippen LogP contribution in [0.5, 0.6) is 0 Å². The zero-order chi connectivity index (χ0) is 4.50. The topological polar surface area (TPSA) is 74.6 Å². The van der Waals surface area contributed by atoms with Crippen molar-refractivity contribution in [2.24, 2.45) is 0 Å². The van der Waals surface area contributed by atoms with E-state index in [1.165, 1.54) is 0 Å². The average Bonchev–Trinajstić information content (AvgIpc) is 0.722. The second-order valence-corrected chi connectivity index (χ2v) is 1.85. The van der Waals surface area contributed by atoms with Crippen molar-refractivity contribution >= 4 is 100 Å². The predicted octanol–water partition coefficient (Wildman–Crippen LogP) is -2.92. The first-order valence-corrected chi connectivity index (χ1v) is 2.88. The molecule has 7 heteroatoms. The molecule has 0 aromatic heterocycles. The first-order valence-electron chi connectivity index (χ1n) is 0.698. The summed E-state index contributed by atoms with van der Waals surface area (Å²) in [6.45, 7) is 0. The number of hydrogen-bond acceptors (Lipinski definition) is 2. The molecule has 0 radical (unpaired) electrons. The first-order chi connectivity index (χ1) is 2.00. The Morgan fingerprint density at radius 2 is 1.14 bits per heavy atom. The molecule has 0 heterocycles. The Morgan fingerprint density at radius 1 is 1.14 bits per heavy atom. The SMILES string of the molecule is [BaH2].[KH].[O]=[Cr](=[O])([OH])[OH]. The molecule has 0 unspecified atom stereocenters. The van der Waals surface area contributed by atoms with Crippen LogP contribution in [0.1, 0.15) is 0 Å². The van der Waals surface area contributed by atoms with Crippen LogP contribution in [0.4, 0.5) is 0 Å². The van der Waals surface area contributed by atoms with Crippen molar-refractivity contribution in [1.29, 1.82) is 0 Å². The van der Waals surface area contributed by atoms with Gasteiger partial charge in [-0.1, -0.05) is 0 Å². The standard InChI is InChI=1S/Ba.Cr.K.2H2O.2O.3H/h;;;2*1H2;;;;;/q;+2;;;;;;;;/p-2. The summed E-state index contributed by atoms with van der Waals surface area (Å²) in [7, 11) is 0. The van der Waals surface area contributed by atoms with Crippen LogP contribution in [-0.2, 0) is 21.2 Å². The summed E-state index contributed by atoms with van der Waals surface area (Å²) >= 11 is -5.25. The van der Waals surface area contributed by atoms with E-state index in [4.69, 9.17) is 15.9 Å². The second-order valence-electron chi connectivity index (χ2n) is 0.448. The Kier molecular flexibility index (Phi) is 17.6. The van der Waals surface area contributed by atoms with Crippen molar-refractivity contribution in [1.82, 2.24) is 0 Å². The van der Waals surface area contributed by atoms with Gasteiger partial charge in [-0.15, -0.1) is 0 Å². The van der Waals surface area contributed by atoms with Crippen molar-refractivity contribution in [2.75, 3.05) is 0 Å². The molecule has 38 valence electrons. The zero-order valence-corrected chi connectivity index (χ0v) is 3.39. The summed E-state index contributed by atoms with van der Waals surface area (Å²) in [4.78, 5) is 0. The quantitative estimate of drug-likeness (QED) is 0.470. The van der Waals surface area contributed by atoms with Gasteiger partial charge in [-0.3, -0.25) is 0 Å². The predicted molar refractivity (Wildman–Crippen MR) is 21.5 cm³/mol. The van der Waals surface area contributed by atoms with E-state index in [-0.39, 0.29) is 100 Å². The Balaban J connectivity index is -0.0000000800. The van der Waals surface area contributed by atoms with Gasteiger partial charge in [-0.05, 0) is 0 Å². The molecule has 4 nitrogen and oxygen atoms in total. The molecule has 0 aliphatic heterocycles. The molecule has 0 saturated carbocycles. The molecule has 7 heavy (non-hydrogen) atoms. The Morgan fingerprint density at radius 3 is 1.14 bits per heavy atom. The number of hydrogen-bond donors (Lipinski definition) is 2. The van der Waals surface area contributed by atoms with E-state index < -0.39 is 13.6 Å². The van der Waals surface area contributed by atoms with Gasteiger partial charge in [0, 0.05) is 0 Å². The fraction of sp³-hybridized carbons (Fsp3) is 0. The minimum atomic E-state index is -5.25. The summed E-state index contributed by atoms with van der Waals surface area (Å²) < 4.78 is 31.9. The summed E-state index contributed by atoms with van der Waals surface area (Å²) in [6.07, 6.45) is 0. The van der Waals surface area contributed by atoms with Crippen LogP contribution < -0.4 is 0 Å². The third-order valence-corrected chi connectivity index (χ3v) is 0. The molecule has 0 aromatic rings. The Bertz CT molecular complexity index is 94.9. The van der Waals surface area contributed by atoms with E-state index in [0.717, 1.165) is 0 Å². The molecule has 0 aliphatic rings. The van der Waals surface area contributed by atoms with Crippen molar-refractivity contribution < 1.29 is 29.5 Å². The van der Waals surface area contributed by atoms with Crippen LogP contribution in [-0.4, -0.2) is 109 Å². The molecule has 2 N–H and O–H groups in total. The maximum atomic E-state index is 8.82. The second kappa shape index (κ2) is 7.37. The molecule has 0 saturated heterocycles. The summed E-state index contributed by atoms with van der Waals surface area (Å²) in [5.74, 6) is 0. The Labute approximate surface area is 126 Å². The normalized spacial score (nSPS) is 8.29. The van der Waals surface area contributed by atoms with Gasteiger partial charge in [0.15, 0.2) is 0 Å². The van der Waals surface area contributed by atoms with Gasteiger partial charge in [0.2, 0.25) is 0 Å². The van der Waals surface area contributed by atoms with Crippen LogP contribution in [0.15, 0.2) is 0 Å². The van der Waals surface area contributed by atoms with Crippen LogP contribution in [0, 0.1) is 0 Å². The molecule has 0 rings (SSSR count). The van der Waals surface area contributed by atoms with Crippen molar-refractivity contribution in [3.8, 4) is 0 Å². The van der Waals surface area contributed by atoms with E-state index in [1.807, 2.05) is 0 Å². The van der Waals surface area contributed by atoms with Crippen LogP contribution in [0.25, 0.3) is 0 Å². The molecular formula is H5BaCrKO4. The third-order valence-electron chi connectivity index (χ3n) is 0. The fourth-order valence-electron chi connectivity index (χ4n) is 0. The van der Waals surface area contributed by atoms with E-state index in [9.17, 15) is 0 Å². The van der Waals surface area contributed by atoms with Crippen LogP contribution >= 0.6 is 0 Å². The zero-order valence-electron chi connectivity index (χ0n) is 2.12. The molecular weight excluding hydrogens is 292 g/mol. The van der Waals surface area contributed by atoms with Gasteiger partial charge in [0.25, 0.3) is 0 Å². The number of rotatable bonds is 0. The summed E-state index contributed by atoms with van der Waals surface area (Å²) in [5.41, 5.74) is 0. The molecule has 0 bridgehead atoms. The molecule has 0 fully saturated rings. The van der Waals surface area contributed by atoms with Gasteiger partial charge in [-0.2, -0.15) is 0 Å². The third kappa shape index (κ3) is 45.9. The molecule has 0 atom stereocenters. The Hall–Kier alpha value is 3.26. The molecule has 0 aromatic carbocycles. The van der Waals surface area contributed by atoms with Gasteiger partial charge >= 0.3 is 130 Å². The van der Waals surface area contributed by atoms with Crippen molar-refractivity contribution in [3.63, 3.8) is 0 Å². The molecule has 0 spiro atoms. The fourth-order valence-corrected chi connectivity index (χ4v) is 0. The minimum absolute atomic E-state index is 0. The average molecular weight is 297 g/mol. The van der Waals surface area contributed by atoms with E-state index in [0.29, 0.717) is 0 Å². The van der Waals surface area contributed by atoms with Gasteiger partial charge in [-0.25, -0.2) is 0 Å². The van der Waals surface area contributed by atoms with Gasteiger partial charge < -0.3 is 0 Å². The van der Waals surface area contributed by atoms with Crippen molar-refractivity contribution in [2.45, 2.75) is 0 Å².